The normalized spacial score (nSPS) is 19.1. The molecule has 1 aliphatic carbocycles. The Labute approximate surface area is 187 Å². The highest BCUT2D eigenvalue weighted by Gasteiger charge is 2.20. The number of allylic oxidation sites excluding steroid dienone is 3. The van der Waals surface area contributed by atoms with Gasteiger partial charge in [0, 0.05) is 17.9 Å². The maximum Gasteiger partial charge on any atom is 0.123 e. The maximum atomic E-state index is 10.5. The number of hydrogen-bond acceptors (Lipinski definition) is 3. The molecule has 2 aromatic carbocycles. The number of rotatable bonds is 7. The lowest BCUT2D eigenvalue weighted by molar-refractivity contribution is 0.0907. The van der Waals surface area contributed by atoms with E-state index in [4.69, 9.17) is 4.74 Å². The molecule has 162 valence electrons. The Morgan fingerprint density at radius 1 is 1.10 bits per heavy atom. The van der Waals surface area contributed by atoms with Crippen LogP contribution in [0.4, 0.5) is 0 Å². The Kier molecular flexibility index (Phi) is 7.97. The van der Waals surface area contributed by atoms with Crippen molar-refractivity contribution in [2.45, 2.75) is 33.3 Å². The minimum absolute atomic E-state index is 0.0766. The zero-order valence-corrected chi connectivity index (χ0v) is 19.4. The Hall–Kier alpha value is -2.53. The van der Waals surface area contributed by atoms with E-state index in [1.54, 1.807) is 6.07 Å². The molecule has 0 heterocycles. The molecule has 3 nitrogen and oxygen atoms in total. The fourth-order valence-electron chi connectivity index (χ4n) is 3.29. The van der Waals surface area contributed by atoms with Crippen LogP contribution < -0.4 is 5.30 Å². The number of aliphatic hydroxyl groups is 1. The van der Waals surface area contributed by atoms with Gasteiger partial charge >= 0.3 is 0 Å². The predicted octanol–water partition coefficient (Wildman–Crippen LogP) is 5.25. The van der Waals surface area contributed by atoms with Crippen LogP contribution in [0, 0.1) is 23.2 Å². The molecule has 3 rings (SSSR count). The van der Waals surface area contributed by atoms with E-state index < -0.39 is 6.10 Å². The Morgan fingerprint density at radius 2 is 1.81 bits per heavy atom. The number of phenolic OH excluding ortho intramolecular Hbond substituents is 1. The van der Waals surface area contributed by atoms with Crippen molar-refractivity contribution in [3.05, 3.63) is 72.5 Å². The van der Waals surface area contributed by atoms with E-state index in [0.29, 0.717) is 21.2 Å². The van der Waals surface area contributed by atoms with Crippen LogP contribution in [0.1, 0.15) is 27.2 Å². The van der Waals surface area contributed by atoms with E-state index in [1.165, 1.54) is 0 Å². The van der Waals surface area contributed by atoms with Gasteiger partial charge in [-0.25, -0.2) is 0 Å². The van der Waals surface area contributed by atoms with E-state index >= 15 is 0 Å². The molecule has 31 heavy (non-hydrogen) atoms. The SMILES string of the molecule is CC(C)(C)C1C#CC/C=C(/OCC(O)CPc2ccccc2-c2ccccc2O)C=C1. The molecule has 0 fully saturated rings. The van der Waals surface area contributed by atoms with Crippen molar-refractivity contribution >= 4 is 13.9 Å². The number of benzene rings is 2. The first-order valence-electron chi connectivity index (χ1n) is 10.6. The van der Waals surface area contributed by atoms with Crippen LogP contribution in [0.5, 0.6) is 5.75 Å². The summed E-state index contributed by atoms with van der Waals surface area (Å²) in [6, 6.07) is 15.4. The van der Waals surface area contributed by atoms with Crippen molar-refractivity contribution in [2.24, 2.45) is 11.3 Å². The number of para-hydroxylation sites is 1. The first-order chi connectivity index (χ1) is 14.8. The van der Waals surface area contributed by atoms with Crippen LogP contribution in [0.15, 0.2) is 72.5 Å². The molecule has 1 aliphatic rings. The highest BCUT2D eigenvalue weighted by Crippen LogP contribution is 2.31. The molecule has 0 saturated carbocycles. The maximum absolute atomic E-state index is 10.5. The third-order valence-electron chi connectivity index (χ3n) is 5.14. The molecule has 2 aromatic rings. The number of hydrogen-bond donors (Lipinski definition) is 2. The van der Waals surface area contributed by atoms with Crippen LogP contribution in [-0.2, 0) is 4.74 Å². The molecule has 0 amide bonds. The van der Waals surface area contributed by atoms with Gasteiger partial charge in [0.05, 0.1) is 6.10 Å². The molecule has 4 heteroatoms. The molecule has 0 aromatic heterocycles. The second-order valence-electron chi connectivity index (χ2n) is 8.74. The van der Waals surface area contributed by atoms with Crippen LogP contribution >= 0.6 is 8.58 Å². The van der Waals surface area contributed by atoms with Gasteiger partial charge in [-0.05, 0) is 40.7 Å². The first-order valence-corrected chi connectivity index (χ1v) is 11.8. The van der Waals surface area contributed by atoms with Crippen LogP contribution in [0.25, 0.3) is 11.1 Å². The minimum atomic E-state index is -0.569. The lowest BCUT2D eigenvalue weighted by Gasteiger charge is -2.24. The molecular formula is C27H31O3P. The van der Waals surface area contributed by atoms with Gasteiger partial charge in [-0.15, -0.1) is 0 Å². The smallest absolute Gasteiger partial charge is 0.123 e. The lowest BCUT2D eigenvalue weighted by atomic mass is 9.80. The van der Waals surface area contributed by atoms with Gasteiger partial charge in [0.2, 0.25) is 0 Å². The predicted molar refractivity (Wildman–Crippen MR) is 131 cm³/mol. The van der Waals surface area contributed by atoms with E-state index in [1.807, 2.05) is 48.6 Å². The zero-order valence-electron chi connectivity index (χ0n) is 18.4. The summed E-state index contributed by atoms with van der Waals surface area (Å²) >= 11 is 0. The topological polar surface area (TPSA) is 49.7 Å². The molecular weight excluding hydrogens is 403 g/mol. The van der Waals surface area contributed by atoms with Gasteiger partial charge in [0.15, 0.2) is 0 Å². The minimum Gasteiger partial charge on any atom is -0.507 e. The summed E-state index contributed by atoms with van der Waals surface area (Å²) in [5.41, 5.74) is 1.90. The van der Waals surface area contributed by atoms with Gasteiger partial charge in [0.25, 0.3) is 0 Å². The van der Waals surface area contributed by atoms with Crippen molar-refractivity contribution in [3.63, 3.8) is 0 Å². The average molecular weight is 435 g/mol. The van der Waals surface area contributed by atoms with Gasteiger partial charge in [-0.2, -0.15) is 0 Å². The van der Waals surface area contributed by atoms with Crippen LogP contribution in [0.3, 0.4) is 0 Å². The summed E-state index contributed by atoms with van der Waals surface area (Å²) in [5, 5.41) is 21.9. The first kappa shape index (κ1) is 23.1. The number of aromatic hydroxyl groups is 1. The molecule has 0 spiro atoms. The summed E-state index contributed by atoms with van der Waals surface area (Å²) in [6.07, 6.45) is 6.72. The molecule has 0 radical (unpaired) electrons. The largest absolute Gasteiger partial charge is 0.507 e. The molecule has 3 unspecified atom stereocenters. The quantitative estimate of drug-likeness (QED) is 0.462. The fraction of sp³-hybridized carbons (Fsp3) is 0.333. The highest BCUT2D eigenvalue weighted by atomic mass is 31.1. The standard InChI is InChI=1S/C27H31O3P/c1-27(2,3)20-10-4-5-11-22(17-16-20)30-18-21(28)19-31-26-15-9-7-13-24(26)23-12-6-8-14-25(23)29/h6-9,11-17,20-21,28-29,31H,5,18-19H2,1-3H3/b17-16?,22-11+. The average Bonchev–Trinajstić information content (AvgIpc) is 2.71. The second-order valence-corrected chi connectivity index (χ2v) is 10.0. The van der Waals surface area contributed by atoms with Crippen LogP contribution in [-0.4, -0.2) is 29.1 Å². The Balaban J connectivity index is 1.58. The number of phenols is 1. The summed E-state index contributed by atoms with van der Waals surface area (Å²) in [7, 11) is 0.409. The Bertz CT molecular complexity index is 1000. The molecule has 0 saturated heterocycles. The van der Waals surface area contributed by atoms with Crippen molar-refractivity contribution in [2.75, 3.05) is 12.8 Å². The summed E-state index contributed by atoms with van der Waals surface area (Å²) in [6.45, 7) is 6.79. The van der Waals surface area contributed by atoms with E-state index in [-0.39, 0.29) is 23.7 Å². The second kappa shape index (κ2) is 10.7. The third-order valence-corrected chi connectivity index (χ3v) is 6.63. The third kappa shape index (κ3) is 6.73. The van der Waals surface area contributed by atoms with Crippen LogP contribution in [0.2, 0.25) is 0 Å². The van der Waals surface area contributed by atoms with Crippen molar-refractivity contribution < 1.29 is 14.9 Å². The molecule has 2 N–H and O–H groups in total. The number of ether oxygens (including phenoxy) is 1. The van der Waals surface area contributed by atoms with Gasteiger partial charge in [-0.3, -0.25) is 0 Å². The zero-order chi connectivity index (χ0) is 22.3. The number of aliphatic hydroxyl groups excluding tert-OH is 1. The highest BCUT2D eigenvalue weighted by molar-refractivity contribution is 7.47. The van der Waals surface area contributed by atoms with E-state index in [2.05, 4.69) is 44.8 Å². The van der Waals surface area contributed by atoms with E-state index in [0.717, 1.165) is 22.2 Å². The molecule has 0 bridgehead atoms. The van der Waals surface area contributed by atoms with Gasteiger partial charge in [-0.1, -0.05) is 89.7 Å². The molecule has 0 aliphatic heterocycles. The fourth-order valence-corrected chi connectivity index (χ4v) is 4.49. The van der Waals surface area contributed by atoms with Crippen molar-refractivity contribution in [1.29, 1.82) is 0 Å². The van der Waals surface area contributed by atoms with E-state index in [9.17, 15) is 10.2 Å². The van der Waals surface area contributed by atoms with Gasteiger partial charge < -0.3 is 14.9 Å². The lowest BCUT2D eigenvalue weighted by Crippen LogP contribution is -2.19. The summed E-state index contributed by atoms with van der Waals surface area (Å²) < 4.78 is 5.88. The monoisotopic (exact) mass is 434 g/mol. The summed E-state index contributed by atoms with van der Waals surface area (Å²) in [4.78, 5) is 0. The van der Waals surface area contributed by atoms with Crippen molar-refractivity contribution in [1.82, 2.24) is 0 Å². The van der Waals surface area contributed by atoms with Gasteiger partial charge in [0.1, 0.15) is 18.1 Å². The Morgan fingerprint density at radius 3 is 2.55 bits per heavy atom. The summed E-state index contributed by atoms with van der Waals surface area (Å²) in [5.74, 6) is 7.71. The molecule has 3 atom stereocenters. The van der Waals surface area contributed by atoms with Crippen molar-refractivity contribution in [3.8, 4) is 28.7 Å².